The Hall–Kier alpha value is 0.0831. The van der Waals surface area contributed by atoms with Crippen molar-refractivity contribution in [3.63, 3.8) is 0 Å². The molecule has 0 saturated heterocycles. The number of hydrogen-bond acceptors (Lipinski definition) is 0. The molecule has 0 fully saturated rings. The Bertz CT molecular complexity index is 553. The van der Waals surface area contributed by atoms with E-state index in [1.54, 1.807) is 0 Å². The van der Waals surface area contributed by atoms with Crippen LogP contribution in [-0.4, -0.2) is 9.89 Å². The fourth-order valence-corrected chi connectivity index (χ4v) is 2.32. The van der Waals surface area contributed by atoms with Crippen LogP contribution in [0.1, 0.15) is 55.4 Å². The fourth-order valence-electron chi connectivity index (χ4n) is 2.32. The van der Waals surface area contributed by atoms with E-state index in [1.807, 2.05) is 0 Å². The Morgan fingerprint density at radius 1 is 0.778 bits per heavy atom. The number of halogens is 5. The standard InChI is InChI=1S/2C9H13.C2HF3.CH3.2ClH.Zr/c2*1-6-5-7(2)9(4)8(6)3;1-2(3,4)5;;;;/h2*6H,1-4H3;1H;1H3;2*1H;/q2*-1;;-1;;;+2/p-2. The van der Waals surface area contributed by atoms with Crippen molar-refractivity contribution in [2.75, 3.05) is 0 Å². The van der Waals surface area contributed by atoms with E-state index in [0.29, 0.717) is 36.1 Å². The summed E-state index contributed by atoms with van der Waals surface area (Å²) in [6, 6.07) is 0. The predicted octanol–water partition coefficient (Wildman–Crippen LogP) is 0.800. The zero-order valence-corrected chi connectivity index (χ0v) is 21.6. The topological polar surface area (TPSA) is 0 Å². The molecule has 0 N–H and O–H groups in total. The zero-order chi connectivity index (χ0) is 19.2. The van der Waals surface area contributed by atoms with Gasteiger partial charge in [0.15, 0.2) is 0 Å². The number of alkyl halides is 3. The van der Waals surface area contributed by atoms with Crippen molar-refractivity contribution in [2.45, 2.75) is 61.6 Å². The molecule has 0 amide bonds. The molecular weight excluding hydrogens is 471 g/mol. The van der Waals surface area contributed by atoms with Gasteiger partial charge in [-0.25, -0.2) is 11.1 Å². The molecule has 2 rings (SSSR count). The van der Waals surface area contributed by atoms with E-state index >= 15 is 0 Å². The van der Waals surface area contributed by atoms with Crippen molar-refractivity contribution < 1.29 is 62.2 Å². The summed E-state index contributed by atoms with van der Waals surface area (Å²) in [7, 11) is 0. The molecule has 0 aromatic carbocycles. The summed E-state index contributed by atoms with van der Waals surface area (Å²) >= 11 is 0.401. The Morgan fingerprint density at radius 3 is 1.04 bits per heavy atom. The van der Waals surface area contributed by atoms with E-state index in [2.05, 4.69) is 67.5 Å². The van der Waals surface area contributed by atoms with Gasteiger partial charge in [-0.05, 0) is 0 Å². The molecule has 2 aliphatic carbocycles. The van der Waals surface area contributed by atoms with Gasteiger partial charge in [-0.15, -0.1) is 13.8 Å². The molecule has 156 valence electrons. The summed E-state index contributed by atoms with van der Waals surface area (Å²) < 4.78 is 32.5. The Kier molecular flexibility index (Phi) is 19.2. The van der Waals surface area contributed by atoms with Gasteiger partial charge in [0.2, 0.25) is 0 Å². The van der Waals surface area contributed by atoms with Crippen LogP contribution in [0.5, 0.6) is 0 Å². The van der Waals surface area contributed by atoms with Crippen LogP contribution in [0, 0.1) is 31.4 Å². The molecule has 0 radical (unpaired) electrons. The molecule has 0 aliphatic heterocycles. The maximum absolute atomic E-state index is 10.8. The summed E-state index contributed by atoms with van der Waals surface area (Å²) in [5, 5.41) is 0. The summed E-state index contributed by atoms with van der Waals surface area (Å²) in [5.41, 5.74) is 8.49. The van der Waals surface area contributed by atoms with E-state index in [0.717, 1.165) is 0 Å². The van der Waals surface area contributed by atoms with Gasteiger partial charge >= 0.3 is 47.3 Å². The van der Waals surface area contributed by atoms with Crippen LogP contribution < -0.4 is 24.8 Å². The first kappa shape index (κ1) is 34.6. The Labute approximate surface area is 191 Å². The number of rotatable bonds is 0. The van der Waals surface area contributed by atoms with Crippen LogP contribution >= 0.6 is 0 Å². The van der Waals surface area contributed by atoms with Gasteiger partial charge in [-0.3, -0.25) is 12.2 Å². The monoisotopic (exact) mass is 499 g/mol. The summed E-state index contributed by atoms with van der Waals surface area (Å²) in [6.45, 7) is 17.3. The van der Waals surface area contributed by atoms with E-state index in [-0.39, 0.29) is 35.9 Å². The summed E-state index contributed by atoms with van der Waals surface area (Å²) in [4.78, 5) is 0. The molecule has 0 saturated carbocycles. The van der Waals surface area contributed by atoms with Crippen LogP contribution in [0.3, 0.4) is 0 Å². The first-order chi connectivity index (χ1) is 10.8. The molecule has 0 heterocycles. The molecule has 0 bridgehead atoms. The van der Waals surface area contributed by atoms with Crippen molar-refractivity contribution in [3.8, 4) is 0 Å². The Morgan fingerprint density at radius 2 is 1.00 bits per heavy atom. The SMILES string of the molecule is CC1=[C-]C(C)C(C)=C1C.CC1=[C-]C(C)C(C)=C1C.FC(F)(F)[CH]=[Zr+2].[CH3-].[Cl-].[Cl-]. The first-order valence-electron chi connectivity index (χ1n) is 7.95. The fraction of sp³-hybridized carbons (Fsp3) is 0.524. The normalized spacial score (nSPS) is 20.6. The van der Waals surface area contributed by atoms with Crippen molar-refractivity contribution in [2.24, 2.45) is 11.8 Å². The van der Waals surface area contributed by atoms with Crippen molar-refractivity contribution in [1.82, 2.24) is 0 Å². The maximum Gasteiger partial charge on any atom is -0.358 e. The molecule has 2 aliphatic rings. The van der Waals surface area contributed by atoms with Crippen LogP contribution in [0.4, 0.5) is 13.2 Å². The van der Waals surface area contributed by atoms with E-state index in [4.69, 9.17) is 0 Å². The molecule has 0 aromatic heterocycles. The third-order valence-corrected chi connectivity index (χ3v) is 5.44. The third-order valence-electron chi connectivity index (χ3n) is 4.64. The molecule has 27 heavy (non-hydrogen) atoms. The summed E-state index contributed by atoms with van der Waals surface area (Å²) in [6.07, 6.45) is 2.67. The van der Waals surface area contributed by atoms with Crippen LogP contribution in [-0.2, 0) is 24.2 Å². The molecule has 0 spiro atoms. The van der Waals surface area contributed by atoms with Gasteiger partial charge in [0.1, 0.15) is 0 Å². The van der Waals surface area contributed by atoms with E-state index in [1.165, 1.54) is 33.4 Å². The smallest absolute Gasteiger partial charge is 0.358 e. The molecule has 0 aromatic rings. The van der Waals surface area contributed by atoms with Gasteiger partial charge in [0, 0.05) is 0 Å². The zero-order valence-electron chi connectivity index (χ0n) is 17.6. The first-order valence-corrected chi connectivity index (χ1v) is 9.37. The minimum Gasteiger partial charge on any atom is -1.00 e. The minimum atomic E-state index is -4.04. The second kappa shape index (κ2) is 15.0. The second-order valence-corrected chi connectivity index (χ2v) is 6.99. The largest absolute Gasteiger partial charge is 1.00 e. The average molecular weight is 502 g/mol. The molecule has 2 atom stereocenters. The summed E-state index contributed by atoms with van der Waals surface area (Å²) in [5.74, 6) is 1.12. The van der Waals surface area contributed by atoms with Gasteiger partial charge in [0.05, 0.1) is 0 Å². The molecular formula is C21H30Cl2F3Zr-3. The van der Waals surface area contributed by atoms with Crippen molar-refractivity contribution in [3.05, 3.63) is 53.0 Å². The van der Waals surface area contributed by atoms with Gasteiger partial charge in [-0.1, -0.05) is 53.4 Å². The predicted molar refractivity (Wildman–Crippen MR) is 98.5 cm³/mol. The van der Waals surface area contributed by atoms with Crippen molar-refractivity contribution >= 4 is 3.71 Å². The van der Waals surface area contributed by atoms with Crippen LogP contribution in [0.2, 0.25) is 0 Å². The molecule has 2 unspecified atom stereocenters. The molecule has 6 heteroatoms. The van der Waals surface area contributed by atoms with Crippen LogP contribution in [0.25, 0.3) is 0 Å². The van der Waals surface area contributed by atoms with Gasteiger partial charge < -0.3 is 32.2 Å². The van der Waals surface area contributed by atoms with Gasteiger partial charge in [0.25, 0.3) is 0 Å². The van der Waals surface area contributed by atoms with E-state index < -0.39 is 6.18 Å². The third kappa shape index (κ3) is 12.3. The maximum atomic E-state index is 10.8. The van der Waals surface area contributed by atoms with Gasteiger partial charge in [-0.2, -0.15) is 22.3 Å². The quantitative estimate of drug-likeness (QED) is 0.431. The minimum absolute atomic E-state index is 0. The molecule has 0 nitrogen and oxygen atoms in total. The van der Waals surface area contributed by atoms with Crippen LogP contribution in [0.15, 0.2) is 33.4 Å². The number of hydrogen-bond donors (Lipinski definition) is 0. The average Bonchev–Trinajstić information content (AvgIpc) is 2.84. The second-order valence-electron chi connectivity index (χ2n) is 6.28. The van der Waals surface area contributed by atoms with E-state index in [9.17, 15) is 13.2 Å². The Balaban J connectivity index is -0.000000142. The van der Waals surface area contributed by atoms with Crippen molar-refractivity contribution in [1.29, 1.82) is 0 Å². The number of allylic oxidation sites excluding steroid dienone is 8.